The molecule has 0 saturated carbocycles. The molecule has 0 radical (unpaired) electrons. The lowest BCUT2D eigenvalue weighted by molar-refractivity contribution is 0.0752. The summed E-state index contributed by atoms with van der Waals surface area (Å²) in [5, 5.41) is 3.46. The van der Waals surface area contributed by atoms with Crippen molar-refractivity contribution in [3.05, 3.63) is 29.6 Å². The second kappa shape index (κ2) is 7.97. The molecule has 118 valence electrons. The van der Waals surface area contributed by atoms with Gasteiger partial charge in [0.2, 0.25) is 0 Å². The lowest BCUT2D eigenvalue weighted by atomic mass is 9.92. The van der Waals surface area contributed by atoms with Gasteiger partial charge in [-0.2, -0.15) is 0 Å². The molecule has 2 aliphatic heterocycles. The molecule has 1 N–H and O–H groups in total. The molecule has 6 heteroatoms. The van der Waals surface area contributed by atoms with E-state index >= 15 is 0 Å². The van der Waals surface area contributed by atoms with Gasteiger partial charge < -0.3 is 10.2 Å². The van der Waals surface area contributed by atoms with Crippen molar-refractivity contribution in [2.24, 2.45) is 11.8 Å². The number of likely N-dealkylation sites (tertiary alicyclic amines) is 1. The maximum Gasteiger partial charge on any atom is 0.272 e. The van der Waals surface area contributed by atoms with Gasteiger partial charge in [-0.1, -0.05) is 6.07 Å². The Morgan fingerprint density at radius 2 is 1.81 bits per heavy atom. The normalized spacial score (nSPS) is 24.3. The molecule has 0 spiro atoms. The van der Waals surface area contributed by atoms with Crippen molar-refractivity contribution >= 4 is 30.7 Å². The van der Waals surface area contributed by atoms with Crippen molar-refractivity contribution in [2.45, 2.75) is 19.8 Å². The summed E-state index contributed by atoms with van der Waals surface area (Å²) in [5.74, 6) is 1.60. The van der Waals surface area contributed by atoms with Gasteiger partial charge in [-0.15, -0.1) is 24.8 Å². The van der Waals surface area contributed by atoms with Gasteiger partial charge in [-0.05, 0) is 56.8 Å². The molecule has 0 aliphatic carbocycles. The first-order chi connectivity index (χ1) is 9.24. The largest absolute Gasteiger partial charge is 0.337 e. The van der Waals surface area contributed by atoms with Gasteiger partial charge >= 0.3 is 0 Å². The lowest BCUT2D eigenvalue weighted by Gasteiger charge is -2.20. The Kier molecular flexibility index (Phi) is 6.91. The fraction of sp³-hybridized carbons (Fsp3) is 0.600. The van der Waals surface area contributed by atoms with E-state index in [-0.39, 0.29) is 30.7 Å². The molecular weight excluding hydrogens is 309 g/mol. The van der Waals surface area contributed by atoms with Crippen molar-refractivity contribution in [3.8, 4) is 0 Å². The zero-order chi connectivity index (χ0) is 13.2. The smallest absolute Gasteiger partial charge is 0.272 e. The highest BCUT2D eigenvalue weighted by molar-refractivity contribution is 5.92. The molecule has 0 bridgehead atoms. The number of hydrogen-bond donors (Lipinski definition) is 1. The predicted octanol–water partition coefficient (Wildman–Crippen LogP) is 2.31. The maximum atomic E-state index is 12.5. The van der Waals surface area contributed by atoms with E-state index in [4.69, 9.17) is 0 Å². The fourth-order valence-corrected chi connectivity index (χ4v) is 3.25. The second-order valence-corrected chi connectivity index (χ2v) is 5.71. The number of amides is 1. The first-order valence-corrected chi connectivity index (χ1v) is 7.17. The molecule has 1 amide bonds. The molecular formula is C15H23Cl2N3O. The number of hydrogen-bond acceptors (Lipinski definition) is 3. The molecule has 2 atom stereocenters. The molecule has 0 aromatic carbocycles. The minimum atomic E-state index is 0. The Labute approximate surface area is 138 Å². The van der Waals surface area contributed by atoms with Gasteiger partial charge in [0.25, 0.3) is 5.91 Å². The number of aromatic nitrogens is 1. The van der Waals surface area contributed by atoms with Crippen LogP contribution >= 0.6 is 24.8 Å². The van der Waals surface area contributed by atoms with Crippen LogP contribution in [-0.2, 0) is 0 Å². The third-order valence-corrected chi connectivity index (χ3v) is 4.41. The minimum absolute atomic E-state index is 0. The van der Waals surface area contributed by atoms with Gasteiger partial charge in [0.15, 0.2) is 0 Å². The van der Waals surface area contributed by atoms with E-state index in [1.807, 2.05) is 30.0 Å². The molecule has 0 unspecified atom stereocenters. The van der Waals surface area contributed by atoms with Gasteiger partial charge in [0, 0.05) is 18.8 Å². The van der Waals surface area contributed by atoms with E-state index in [2.05, 4.69) is 10.3 Å². The summed E-state index contributed by atoms with van der Waals surface area (Å²) < 4.78 is 0. The molecule has 3 heterocycles. The summed E-state index contributed by atoms with van der Waals surface area (Å²) in [5.41, 5.74) is 1.49. The number of fused-ring (bicyclic) bond motifs is 1. The number of nitrogens with one attached hydrogen (secondary N) is 1. The molecule has 2 saturated heterocycles. The fourth-order valence-electron chi connectivity index (χ4n) is 3.25. The van der Waals surface area contributed by atoms with Gasteiger partial charge in [0.1, 0.15) is 5.69 Å². The first kappa shape index (κ1) is 18.2. The van der Waals surface area contributed by atoms with E-state index in [1.54, 1.807) is 0 Å². The molecule has 1 aromatic heterocycles. The molecule has 1 aromatic rings. The van der Waals surface area contributed by atoms with Crippen LogP contribution in [0.4, 0.5) is 0 Å². The average molecular weight is 332 g/mol. The highest BCUT2D eigenvalue weighted by Crippen LogP contribution is 2.27. The van der Waals surface area contributed by atoms with E-state index in [1.165, 1.54) is 0 Å². The Bertz CT molecular complexity index is 470. The molecule has 4 nitrogen and oxygen atoms in total. The van der Waals surface area contributed by atoms with Crippen LogP contribution < -0.4 is 5.32 Å². The molecule has 21 heavy (non-hydrogen) atoms. The summed E-state index contributed by atoms with van der Waals surface area (Å²) >= 11 is 0. The number of aryl methyl sites for hydroxylation is 1. The third kappa shape index (κ3) is 4.09. The minimum Gasteiger partial charge on any atom is -0.337 e. The topological polar surface area (TPSA) is 45.2 Å². The number of nitrogens with zero attached hydrogens (tertiary/aromatic N) is 2. The lowest BCUT2D eigenvalue weighted by Crippen LogP contribution is -2.33. The Morgan fingerprint density at radius 1 is 1.19 bits per heavy atom. The van der Waals surface area contributed by atoms with E-state index in [9.17, 15) is 4.79 Å². The Morgan fingerprint density at radius 3 is 2.38 bits per heavy atom. The first-order valence-electron chi connectivity index (χ1n) is 7.17. The summed E-state index contributed by atoms with van der Waals surface area (Å²) in [4.78, 5) is 18.8. The van der Waals surface area contributed by atoms with Gasteiger partial charge in [0.05, 0.1) is 0 Å². The van der Waals surface area contributed by atoms with Crippen molar-refractivity contribution in [3.63, 3.8) is 0 Å². The van der Waals surface area contributed by atoms with Crippen LogP contribution in [0.25, 0.3) is 0 Å². The monoisotopic (exact) mass is 331 g/mol. The maximum absolute atomic E-state index is 12.5. The molecule has 2 aliphatic rings. The van der Waals surface area contributed by atoms with Crippen LogP contribution in [0.1, 0.15) is 29.0 Å². The Balaban J connectivity index is 0.00000110. The van der Waals surface area contributed by atoms with Crippen molar-refractivity contribution in [2.75, 3.05) is 26.2 Å². The van der Waals surface area contributed by atoms with Crippen LogP contribution in [0.3, 0.4) is 0 Å². The highest BCUT2D eigenvalue weighted by atomic mass is 35.5. The number of carbonyl (C=O) groups is 1. The van der Waals surface area contributed by atoms with Crippen LogP contribution in [-0.4, -0.2) is 42.0 Å². The predicted molar refractivity (Wildman–Crippen MR) is 88.5 cm³/mol. The molecule has 3 rings (SSSR count). The number of rotatable bonds is 1. The van der Waals surface area contributed by atoms with Gasteiger partial charge in [-0.25, -0.2) is 4.98 Å². The highest BCUT2D eigenvalue weighted by Gasteiger charge is 2.31. The second-order valence-electron chi connectivity index (χ2n) is 5.71. The van der Waals surface area contributed by atoms with Crippen molar-refractivity contribution < 1.29 is 4.79 Å². The summed E-state index contributed by atoms with van der Waals surface area (Å²) in [6.45, 7) is 5.91. The SMILES string of the molecule is Cc1cccc(C(=O)N2CC[C@@H]3CNC[C@@H]3CC2)n1.Cl.Cl. The summed E-state index contributed by atoms with van der Waals surface area (Å²) in [6, 6.07) is 5.66. The number of carbonyl (C=O) groups excluding carboxylic acids is 1. The van der Waals surface area contributed by atoms with Crippen molar-refractivity contribution in [1.29, 1.82) is 0 Å². The summed E-state index contributed by atoms with van der Waals surface area (Å²) in [7, 11) is 0. The number of halogens is 2. The average Bonchev–Trinajstić information content (AvgIpc) is 2.77. The van der Waals surface area contributed by atoms with Crippen molar-refractivity contribution in [1.82, 2.24) is 15.2 Å². The summed E-state index contributed by atoms with van der Waals surface area (Å²) in [6.07, 6.45) is 2.24. The van der Waals surface area contributed by atoms with Crippen LogP contribution in [0, 0.1) is 18.8 Å². The van der Waals surface area contributed by atoms with Crippen LogP contribution in [0.2, 0.25) is 0 Å². The van der Waals surface area contributed by atoms with E-state index in [0.29, 0.717) is 5.69 Å². The molecule has 2 fully saturated rings. The van der Waals surface area contributed by atoms with E-state index in [0.717, 1.165) is 56.6 Å². The quantitative estimate of drug-likeness (QED) is 0.858. The Hall–Kier alpha value is -0.840. The van der Waals surface area contributed by atoms with Crippen LogP contribution in [0.15, 0.2) is 18.2 Å². The van der Waals surface area contributed by atoms with E-state index < -0.39 is 0 Å². The zero-order valence-electron chi connectivity index (χ0n) is 12.2. The number of pyridine rings is 1. The van der Waals surface area contributed by atoms with Gasteiger partial charge in [-0.3, -0.25) is 4.79 Å². The third-order valence-electron chi connectivity index (χ3n) is 4.41. The zero-order valence-corrected chi connectivity index (χ0v) is 13.9. The van der Waals surface area contributed by atoms with Crippen LogP contribution in [0.5, 0.6) is 0 Å². The standard InChI is InChI=1S/C15H21N3O.2ClH/c1-11-3-2-4-14(17-11)15(19)18-7-5-12-9-16-10-13(12)6-8-18;;/h2-4,12-13,16H,5-10H2,1H3;2*1H/t12-,13+;;.